The lowest BCUT2D eigenvalue weighted by molar-refractivity contribution is -0.142. The van der Waals surface area contributed by atoms with Crippen LogP contribution < -0.4 is 10.2 Å². The molecule has 1 amide bonds. The number of hydrogen-bond donors (Lipinski definition) is 2. The number of aliphatic hydroxyl groups excluding tert-OH is 1. The summed E-state index contributed by atoms with van der Waals surface area (Å²) in [6.45, 7) is 2.00. The van der Waals surface area contributed by atoms with Gasteiger partial charge in [-0.2, -0.15) is 0 Å². The first-order chi connectivity index (χ1) is 12.6. The second kappa shape index (κ2) is 7.12. The van der Waals surface area contributed by atoms with E-state index in [1.807, 2.05) is 6.07 Å². The van der Waals surface area contributed by atoms with Crippen molar-refractivity contribution in [3.8, 4) is 0 Å². The molecule has 1 aromatic rings. The van der Waals surface area contributed by atoms with Gasteiger partial charge in [0.15, 0.2) is 0 Å². The molecule has 3 fully saturated rings. The molecule has 2 aliphatic carbocycles. The van der Waals surface area contributed by atoms with E-state index in [9.17, 15) is 9.90 Å². The smallest absolute Gasteiger partial charge is 0.228 e. The number of anilines is 1. The van der Waals surface area contributed by atoms with Crippen molar-refractivity contribution in [3.05, 3.63) is 18.1 Å². The molecule has 7 nitrogen and oxygen atoms in total. The Kier molecular flexibility index (Phi) is 4.84. The Morgan fingerprint density at radius 3 is 2.85 bits per heavy atom. The summed E-state index contributed by atoms with van der Waals surface area (Å²) in [7, 11) is 1.67. The maximum Gasteiger partial charge on any atom is 0.228 e. The van der Waals surface area contributed by atoms with E-state index in [4.69, 9.17) is 4.74 Å². The molecule has 1 atom stereocenters. The van der Waals surface area contributed by atoms with Gasteiger partial charge < -0.3 is 20.1 Å². The van der Waals surface area contributed by atoms with E-state index < -0.39 is 0 Å². The molecule has 3 aliphatic rings. The molecule has 0 spiro atoms. The summed E-state index contributed by atoms with van der Waals surface area (Å²) in [5.41, 5.74) is 0.746. The van der Waals surface area contributed by atoms with E-state index in [1.54, 1.807) is 13.4 Å². The Hall–Kier alpha value is -1.73. The largest absolute Gasteiger partial charge is 0.391 e. The number of nitrogens with one attached hydrogen (secondary N) is 1. The maximum atomic E-state index is 12.6. The third-order valence-corrected chi connectivity index (χ3v) is 6.27. The van der Waals surface area contributed by atoms with E-state index in [0.717, 1.165) is 56.6 Å². The zero-order valence-corrected chi connectivity index (χ0v) is 15.4. The molecule has 1 aromatic heterocycles. The van der Waals surface area contributed by atoms with Crippen LogP contribution in [-0.4, -0.2) is 59.9 Å². The molecule has 0 aromatic carbocycles. The van der Waals surface area contributed by atoms with Gasteiger partial charge in [-0.15, -0.1) is 0 Å². The second-order valence-electron chi connectivity index (χ2n) is 8.10. The molecule has 142 valence electrons. The van der Waals surface area contributed by atoms with Crippen molar-refractivity contribution in [3.63, 3.8) is 0 Å². The molecule has 0 radical (unpaired) electrons. The van der Waals surface area contributed by atoms with Gasteiger partial charge in [-0.3, -0.25) is 4.79 Å². The van der Waals surface area contributed by atoms with Crippen LogP contribution in [0.4, 0.5) is 5.82 Å². The second-order valence-corrected chi connectivity index (χ2v) is 8.10. The van der Waals surface area contributed by atoms with Crippen LogP contribution in [0.3, 0.4) is 0 Å². The van der Waals surface area contributed by atoms with Crippen LogP contribution in [0.25, 0.3) is 0 Å². The third-order valence-electron chi connectivity index (χ3n) is 6.27. The molecule has 0 bridgehead atoms. The summed E-state index contributed by atoms with van der Waals surface area (Å²) < 4.78 is 5.26. The van der Waals surface area contributed by atoms with Crippen molar-refractivity contribution in [2.24, 2.45) is 5.41 Å². The van der Waals surface area contributed by atoms with Gasteiger partial charge >= 0.3 is 0 Å². The molecule has 7 heteroatoms. The summed E-state index contributed by atoms with van der Waals surface area (Å²) in [4.78, 5) is 23.5. The van der Waals surface area contributed by atoms with E-state index in [-0.39, 0.29) is 23.5 Å². The highest BCUT2D eigenvalue weighted by molar-refractivity contribution is 5.84. The number of hydrogen-bond acceptors (Lipinski definition) is 6. The van der Waals surface area contributed by atoms with Gasteiger partial charge in [-0.1, -0.05) is 6.42 Å². The number of rotatable bonds is 6. The van der Waals surface area contributed by atoms with Gasteiger partial charge in [0.2, 0.25) is 5.91 Å². The van der Waals surface area contributed by atoms with Crippen molar-refractivity contribution in [2.45, 2.75) is 56.6 Å². The minimum atomic E-state index is -0.293. The summed E-state index contributed by atoms with van der Waals surface area (Å²) >= 11 is 0. The van der Waals surface area contributed by atoms with Crippen LogP contribution in [-0.2, 0) is 9.53 Å². The number of carbonyl (C=O) groups is 1. The number of ether oxygens (including phenoxy) is 1. The standard InChI is InChI=1S/C19H28N4O3/c1-26-11-19(4-2-5-19)18(25)22-14-7-13(8-14)16-9-17(21-12-20-16)23-6-3-15(24)10-23/h9,12-15,24H,2-8,10-11H2,1H3,(H,22,25)/t13?,14?,15-/m1/s1. The van der Waals surface area contributed by atoms with Gasteiger partial charge in [0.05, 0.1) is 18.1 Å². The Bertz CT molecular complexity index is 658. The first-order valence-corrected chi connectivity index (χ1v) is 9.64. The van der Waals surface area contributed by atoms with Gasteiger partial charge in [0, 0.05) is 43.9 Å². The minimum Gasteiger partial charge on any atom is -0.391 e. The van der Waals surface area contributed by atoms with Gasteiger partial charge in [0.1, 0.15) is 12.1 Å². The van der Waals surface area contributed by atoms with Crippen molar-refractivity contribution in [1.82, 2.24) is 15.3 Å². The Labute approximate surface area is 154 Å². The Balaban J connectivity index is 1.31. The summed E-state index contributed by atoms with van der Waals surface area (Å²) in [5, 5.41) is 12.9. The number of amides is 1. The Morgan fingerprint density at radius 2 is 2.23 bits per heavy atom. The van der Waals surface area contributed by atoms with Crippen molar-refractivity contribution >= 4 is 11.7 Å². The van der Waals surface area contributed by atoms with Crippen LogP contribution in [0.15, 0.2) is 12.4 Å². The lowest BCUT2D eigenvalue weighted by atomic mass is 9.68. The van der Waals surface area contributed by atoms with Crippen LogP contribution in [0.2, 0.25) is 0 Å². The molecule has 2 N–H and O–H groups in total. The SMILES string of the molecule is COCC1(C(=O)NC2CC(c3cc(N4CC[C@@H](O)C4)ncn3)C2)CCC1. The summed E-state index contributed by atoms with van der Waals surface area (Å²) in [6, 6.07) is 2.27. The Morgan fingerprint density at radius 1 is 1.42 bits per heavy atom. The van der Waals surface area contributed by atoms with E-state index in [1.165, 1.54) is 0 Å². The summed E-state index contributed by atoms with van der Waals surface area (Å²) in [6.07, 6.45) is 6.96. The molecular weight excluding hydrogens is 332 g/mol. The highest BCUT2D eigenvalue weighted by atomic mass is 16.5. The lowest BCUT2D eigenvalue weighted by Gasteiger charge is -2.43. The number of aromatic nitrogens is 2. The molecule has 0 unspecified atom stereocenters. The lowest BCUT2D eigenvalue weighted by Crippen LogP contribution is -2.54. The number of nitrogens with zero attached hydrogens (tertiary/aromatic N) is 3. The molecule has 26 heavy (non-hydrogen) atoms. The highest BCUT2D eigenvalue weighted by Crippen LogP contribution is 2.43. The fraction of sp³-hybridized carbons (Fsp3) is 0.737. The number of β-amino-alcohol motifs (C(OH)–C–C–N with tert-alkyl or cyclic N) is 1. The van der Waals surface area contributed by atoms with Gasteiger partial charge in [-0.25, -0.2) is 9.97 Å². The van der Waals surface area contributed by atoms with E-state index in [2.05, 4.69) is 20.2 Å². The van der Waals surface area contributed by atoms with E-state index >= 15 is 0 Å². The van der Waals surface area contributed by atoms with Crippen LogP contribution in [0, 0.1) is 5.41 Å². The number of aliphatic hydroxyl groups is 1. The van der Waals surface area contributed by atoms with Crippen molar-refractivity contribution in [2.75, 3.05) is 31.7 Å². The molecule has 4 rings (SSSR count). The minimum absolute atomic E-state index is 0.156. The number of carbonyl (C=O) groups excluding carboxylic acids is 1. The van der Waals surface area contributed by atoms with Crippen molar-refractivity contribution in [1.29, 1.82) is 0 Å². The average Bonchev–Trinajstić information content (AvgIpc) is 3.00. The molecule has 1 saturated heterocycles. The van der Waals surface area contributed by atoms with Gasteiger partial charge in [-0.05, 0) is 32.1 Å². The fourth-order valence-corrected chi connectivity index (χ4v) is 4.34. The monoisotopic (exact) mass is 360 g/mol. The topological polar surface area (TPSA) is 87.6 Å². The summed E-state index contributed by atoms with van der Waals surface area (Å²) in [5.74, 6) is 1.42. The fourth-order valence-electron chi connectivity index (χ4n) is 4.34. The van der Waals surface area contributed by atoms with Crippen molar-refractivity contribution < 1.29 is 14.6 Å². The quantitative estimate of drug-likeness (QED) is 0.793. The molecule has 2 saturated carbocycles. The predicted molar refractivity (Wildman–Crippen MR) is 96.9 cm³/mol. The van der Waals surface area contributed by atoms with Crippen LogP contribution in [0.1, 0.15) is 50.1 Å². The maximum absolute atomic E-state index is 12.6. The van der Waals surface area contributed by atoms with E-state index in [0.29, 0.717) is 19.1 Å². The molecule has 1 aliphatic heterocycles. The highest BCUT2D eigenvalue weighted by Gasteiger charge is 2.46. The molecule has 2 heterocycles. The predicted octanol–water partition coefficient (Wildman–Crippen LogP) is 1.23. The first-order valence-electron chi connectivity index (χ1n) is 9.64. The third kappa shape index (κ3) is 3.30. The average molecular weight is 360 g/mol. The van der Waals surface area contributed by atoms with Crippen LogP contribution >= 0.6 is 0 Å². The molecular formula is C19H28N4O3. The number of methoxy groups -OCH3 is 1. The van der Waals surface area contributed by atoms with Gasteiger partial charge in [0.25, 0.3) is 0 Å². The zero-order chi connectivity index (χ0) is 18.1. The normalized spacial score (nSPS) is 29.8. The first kappa shape index (κ1) is 17.7. The zero-order valence-electron chi connectivity index (χ0n) is 15.4. The van der Waals surface area contributed by atoms with Crippen LogP contribution in [0.5, 0.6) is 0 Å².